The van der Waals surface area contributed by atoms with Crippen LogP contribution < -0.4 is 0 Å². The van der Waals surface area contributed by atoms with E-state index in [4.69, 9.17) is 37.2 Å². The molecule has 3 aromatic rings. The van der Waals surface area contributed by atoms with Gasteiger partial charge in [-0.15, -0.1) is 0 Å². The lowest BCUT2D eigenvalue weighted by molar-refractivity contribution is -0.205. The van der Waals surface area contributed by atoms with Crippen molar-refractivity contribution in [3.8, 4) is 17.3 Å². The molecule has 1 aromatic heterocycles. The molecule has 2 aliphatic carbocycles. The molecule has 0 unspecified atom stereocenters. The van der Waals surface area contributed by atoms with Gasteiger partial charge in [-0.25, -0.2) is 0 Å². The number of rotatable bonds is 7. The van der Waals surface area contributed by atoms with Crippen LogP contribution in [0.5, 0.6) is 0 Å². The summed E-state index contributed by atoms with van der Waals surface area (Å²) in [5, 5.41) is 14.8. The highest BCUT2D eigenvalue weighted by atomic mass is 35.5. The minimum absolute atomic E-state index is 0.00764. The second kappa shape index (κ2) is 8.94. The lowest BCUT2D eigenvalue weighted by Crippen LogP contribution is -2.51. The van der Waals surface area contributed by atoms with Gasteiger partial charge in [-0.3, -0.25) is 0 Å². The first-order chi connectivity index (χ1) is 17.0. The Balaban J connectivity index is 1.17. The van der Waals surface area contributed by atoms with Crippen molar-refractivity contribution in [3.63, 3.8) is 0 Å². The minimum Gasteiger partial charge on any atom is -0.376 e. The number of nitriles is 1. The third kappa shape index (κ3) is 4.17. The predicted molar refractivity (Wildman–Crippen MR) is 133 cm³/mol. The zero-order chi connectivity index (χ0) is 24.0. The third-order valence-electron chi connectivity index (χ3n) is 7.91. The molecule has 0 radical (unpaired) electrons. The molecule has 2 bridgehead atoms. The van der Waals surface area contributed by atoms with Gasteiger partial charge in [-0.1, -0.05) is 46.6 Å². The molecule has 0 N–H and O–H groups in total. The summed E-state index contributed by atoms with van der Waals surface area (Å²) in [5.41, 5.74) is 3.86. The molecular weight excluding hydrogens is 483 g/mol. The molecule has 4 aliphatic rings. The molecule has 7 rings (SSSR count). The molecule has 2 aliphatic heterocycles. The summed E-state index contributed by atoms with van der Waals surface area (Å²) in [6, 6.07) is 15.6. The highest BCUT2D eigenvalue weighted by Crippen LogP contribution is 2.54. The molecule has 0 atom stereocenters. The molecular formula is C28H26Cl2N2O3. The van der Waals surface area contributed by atoms with E-state index >= 15 is 0 Å². The van der Waals surface area contributed by atoms with Crippen LogP contribution in [0.4, 0.5) is 0 Å². The standard InChI is InChI=1S/C28H26Cl2N2O3/c29-22-5-2-6-23(30)24(22)25-21(26(35-32-25)19-7-8-19)15-33-16-27-9-11-28(12-10-27,34-17-27)20-4-1-3-18(13-20)14-31/h1-6,13,19H,7-12,15-17H2. The first-order valence-corrected chi connectivity index (χ1v) is 12.9. The Labute approximate surface area is 214 Å². The highest BCUT2D eigenvalue weighted by molar-refractivity contribution is 6.39. The number of nitrogens with zero attached hydrogens (tertiary/aromatic N) is 2. The minimum atomic E-state index is -0.282. The van der Waals surface area contributed by atoms with Crippen LogP contribution in [-0.2, 0) is 21.7 Å². The predicted octanol–water partition coefficient (Wildman–Crippen LogP) is 7.40. The number of hydrogen-bond acceptors (Lipinski definition) is 5. The summed E-state index contributed by atoms with van der Waals surface area (Å²) >= 11 is 13.0. The van der Waals surface area contributed by atoms with E-state index in [0.717, 1.165) is 55.4 Å². The van der Waals surface area contributed by atoms with Gasteiger partial charge in [-0.05, 0) is 68.4 Å². The maximum absolute atomic E-state index is 9.29. The molecule has 7 heteroatoms. The van der Waals surface area contributed by atoms with Crippen LogP contribution in [0.3, 0.4) is 0 Å². The van der Waals surface area contributed by atoms with Crippen LogP contribution in [0.15, 0.2) is 47.0 Å². The van der Waals surface area contributed by atoms with Gasteiger partial charge >= 0.3 is 0 Å². The Kier molecular flexibility index (Phi) is 5.89. The van der Waals surface area contributed by atoms with Crippen LogP contribution in [0.2, 0.25) is 10.0 Å². The first kappa shape index (κ1) is 23.1. The van der Waals surface area contributed by atoms with E-state index in [1.54, 1.807) is 0 Å². The lowest BCUT2D eigenvalue weighted by Gasteiger charge is -2.53. The van der Waals surface area contributed by atoms with Crippen molar-refractivity contribution in [1.82, 2.24) is 5.16 Å². The van der Waals surface area contributed by atoms with E-state index in [-0.39, 0.29) is 11.0 Å². The maximum Gasteiger partial charge on any atom is 0.145 e. The average Bonchev–Trinajstić information content (AvgIpc) is 3.66. The monoisotopic (exact) mass is 508 g/mol. The summed E-state index contributed by atoms with van der Waals surface area (Å²) in [7, 11) is 0. The van der Waals surface area contributed by atoms with Crippen LogP contribution in [-0.4, -0.2) is 18.4 Å². The van der Waals surface area contributed by atoms with Crippen molar-refractivity contribution < 1.29 is 14.0 Å². The smallest absolute Gasteiger partial charge is 0.145 e. The Morgan fingerprint density at radius 2 is 1.80 bits per heavy atom. The lowest BCUT2D eigenvalue weighted by atomic mass is 9.64. The summed E-state index contributed by atoms with van der Waals surface area (Å²) in [6.07, 6.45) is 6.15. The maximum atomic E-state index is 9.29. The van der Waals surface area contributed by atoms with Crippen molar-refractivity contribution in [3.05, 3.63) is 75.0 Å². The Morgan fingerprint density at radius 1 is 1.06 bits per heavy atom. The van der Waals surface area contributed by atoms with Gasteiger partial charge in [0.15, 0.2) is 0 Å². The fraction of sp³-hybridized carbons (Fsp3) is 0.429. The van der Waals surface area contributed by atoms with Crippen LogP contribution >= 0.6 is 23.2 Å². The SMILES string of the molecule is N#Cc1cccc(C23CCC(COCc4c(-c5c(Cl)cccc5Cl)noc4C4CC4)(CC2)CO3)c1. The zero-order valence-corrected chi connectivity index (χ0v) is 20.9. The molecule has 0 amide bonds. The van der Waals surface area contributed by atoms with Gasteiger partial charge in [0, 0.05) is 22.5 Å². The van der Waals surface area contributed by atoms with Gasteiger partial charge in [-0.2, -0.15) is 5.26 Å². The van der Waals surface area contributed by atoms with E-state index in [1.165, 1.54) is 0 Å². The Hall–Kier alpha value is -2.36. The fourth-order valence-corrected chi connectivity index (χ4v) is 6.19. The number of ether oxygens (including phenoxy) is 2. The van der Waals surface area contributed by atoms with Gasteiger partial charge in [0.25, 0.3) is 0 Å². The molecule has 180 valence electrons. The van der Waals surface area contributed by atoms with E-state index in [9.17, 15) is 5.26 Å². The Morgan fingerprint density at radius 3 is 2.46 bits per heavy atom. The molecule has 0 spiro atoms. The summed E-state index contributed by atoms with van der Waals surface area (Å²) in [5.74, 6) is 1.29. The van der Waals surface area contributed by atoms with E-state index in [1.807, 2.05) is 36.4 Å². The van der Waals surface area contributed by atoms with Gasteiger partial charge < -0.3 is 14.0 Å². The summed E-state index contributed by atoms with van der Waals surface area (Å²) < 4.78 is 18.6. The van der Waals surface area contributed by atoms with Crippen molar-refractivity contribution >= 4 is 23.2 Å². The van der Waals surface area contributed by atoms with Gasteiger partial charge in [0.05, 0.1) is 47.1 Å². The normalized spacial score (nSPS) is 25.5. The zero-order valence-electron chi connectivity index (χ0n) is 19.4. The van der Waals surface area contributed by atoms with E-state index < -0.39 is 0 Å². The molecule has 2 saturated heterocycles. The quantitative estimate of drug-likeness (QED) is 0.332. The topological polar surface area (TPSA) is 68.3 Å². The second-order valence-electron chi connectivity index (χ2n) is 10.2. The van der Waals surface area contributed by atoms with Crippen molar-refractivity contribution in [2.75, 3.05) is 13.2 Å². The van der Waals surface area contributed by atoms with Crippen LogP contribution in [0.1, 0.15) is 66.9 Å². The summed E-state index contributed by atoms with van der Waals surface area (Å²) in [4.78, 5) is 0. The Bertz CT molecular complexity index is 1260. The number of fused-ring (bicyclic) bond motifs is 3. The molecule has 4 fully saturated rings. The summed E-state index contributed by atoms with van der Waals surface area (Å²) in [6.45, 7) is 1.68. The molecule has 5 nitrogen and oxygen atoms in total. The van der Waals surface area contributed by atoms with Gasteiger partial charge in [0.1, 0.15) is 11.5 Å². The first-order valence-electron chi connectivity index (χ1n) is 12.2. The number of halogens is 2. The highest BCUT2D eigenvalue weighted by Gasteiger charge is 2.50. The van der Waals surface area contributed by atoms with E-state index in [0.29, 0.717) is 52.6 Å². The van der Waals surface area contributed by atoms with Gasteiger partial charge in [0.2, 0.25) is 0 Å². The number of aromatic nitrogens is 1. The van der Waals surface area contributed by atoms with Crippen molar-refractivity contribution in [1.29, 1.82) is 5.26 Å². The molecule has 3 heterocycles. The largest absolute Gasteiger partial charge is 0.376 e. The number of hydrogen-bond donors (Lipinski definition) is 0. The second-order valence-corrected chi connectivity index (χ2v) is 11.0. The number of benzene rings is 2. The molecule has 2 saturated carbocycles. The molecule has 35 heavy (non-hydrogen) atoms. The van der Waals surface area contributed by atoms with Crippen LogP contribution in [0.25, 0.3) is 11.3 Å². The van der Waals surface area contributed by atoms with Crippen molar-refractivity contribution in [2.24, 2.45) is 5.41 Å². The van der Waals surface area contributed by atoms with Crippen LogP contribution in [0, 0.1) is 16.7 Å². The third-order valence-corrected chi connectivity index (χ3v) is 8.54. The van der Waals surface area contributed by atoms with E-state index in [2.05, 4.69) is 17.3 Å². The average molecular weight is 509 g/mol. The van der Waals surface area contributed by atoms with Crippen molar-refractivity contribution in [2.45, 2.75) is 56.7 Å². The fourth-order valence-electron chi connectivity index (χ4n) is 5.61. The molecule has 2 aromatic carbocycles.